The lowest BCUT2D eigenvalue weighted by Gasteiger charge is -2.21. The van der Waals surface area contributed by atoms with Gasteiger partial charge < -0.3 is 4.74 Å². The molecule has 0 saturated heterocycles. The summed E-state index contributed by atoms with van der Waals surface area (Å²) in [6.45, 7) is 1.75. The van der Waals surface area contributed by atoms with Gasteiger partial charge in [0, 0.05) is 5.56 Å². The van der Waals surface area contributed by atoms with E-state index < -0.39 is 75.2 Å². The van der Waals surface area contributed by atoms with Crippen LogP contribution < -0.4 is 4.74 Å². The van der Waals surface area contributed by atoms with E-state index in [1.54, 1.807) is 19.1 Å². The van der Waals surface area contributed by atoms with Gasteiger partial charge in [-0.3, -0.25) is 0 Å². The van der Waals surface area contributed by atoms with E-state index in [0.717, 1.165) is 5.56 Å². The van der Waals surface area contributed by atoms with Crippen LogP contribution >= 0.6 is 0 Å². The maximum Gasteiger partial charge on any atom is 0.432 e. The van der Waals surface area contributed by atoms with Crippen molar-refractivity contribution in [2.24, 2.45) is 0 Å². The fourth-order valence-electron chi connectivity index (χ4n) is 3.79. The van der Waals surface area contributed by atoms with Crippen molar-refractivity contribution in [3.05, 3.63) is 112 Å². The van der Waals surface area contributed by atoms with Gasteiger partial charge in [-0.1, -0.05) is 29.8 Å². The molecule has 0 atom stereocenters. The average molecular weight is 562 g/mol. The van der Waals surface area contributed by atoms with Crippen molar-refractivity contribution in [3.8, 4) is 28.0 Å². The van der Waals surface area contributed by atoms with Crippen molar-refractivity contribution >= 4 is 0 Å². The maximum atomic E-state index is 14.8. The Balaban J connectivity index is 1.68. The number of benzene rings is 4. The van der Waals surface area contributed by atoms with Crippen molar-refractivity contribution in [1.82, 2.24) is 0 Å². The van der Waals surface area contributed by atoms with Gasteiger partial charge in [0.2, 0.25) is 5.82 Å². The summed E-state index contributed by atoms with van der Waals surface area (Å²) in [5.74, 6) is -13.5. The molecule has 0 unspecified atom stereocenters. The molecule has 0 aliphatic carbocycles. The Kier molecular flexibility index (Phi) is 7.09. The molecule has 0 aromatic heterocycles. The third kappa shape index (κ3) is 5.41. The topological polar surface area (TPSA) is 9.23 Å². The van der Waals surface area contributed by atoms with Crippen LogP contribution in [0.15, 0.2) is 60.7 Å². The molecule has 1 nitrogen and oxygen atoms in total. The largest absolute Gasteiger partial charge is 0.432 e. The summed E-state index contributed by atoms with van der Waals surface area (Å²) in [7, 11) is 0. The smallest absolute Gasteiger partial charge is 0.425 e. The first-order valence-electron chi connectivity index (χ1n) is 10.8. The number of hydrogen-bond donors (Lipinski definition) is 0. The van der Waals surface area contributed by atoms with Gasteiger partial charge in [0.05, 0.1) is 0 Å². The molecule has 12 heteroatoms. The van der Waals surface area contributed by atoms with Gasteiger partial charge in [-0.2, -0.15) is 26.3 Å². The molecule has 0 heterocycles. The molecule has 0 bridgehead atoms. The molecule has 0 aliphatic rings. The Morgan fingerprint density at radius 2 is 1.03 bits per heavy atom. The molecule has 0 aliphatic heterocycles. The molecule has 0 fully saturated rings. The zero-order valence-corrected chi connectivity index (χ0v) is 19.3. The molecule has 39 heavy (non-hydrogen) atoms. The van der Waals surface area contributed by atoms with Crippen LogP contribution in [0.4, 0.5) is 48.3 Å². The lowest BCUT2D eigenvalue weighted by atomic mass is 10.0. The zero-order chi connectivity index (χ0) is 28.9. The summed E-state index contributed by atoms with van der Waals surface area (Å²) in [4.78, 5) is 0. The molecular formula is C27H13F11O. The van der Waals surface area contributed by atoms with Crippen LogP contribution in [0.2, 0.25) is 0 Å². The third-order valence-corrected chi connectivity index (χ3v) is 5.64. The van der Waals surface area contributed by atoms with Crippen LogP contribution in [0.1, 0.15) is 16.7 Å². The fraction of sp³-hybridized carbons (Fsp3) is 0.111. The van der Waals surface area contributed by atoms with E-state index >= 15 is 0 Å². The lowest BCUT2D eigenvalue weighted by Crippen LogP contribution is -2.26. The minimum absolute atomic E-state index is 0.0687. The van der Waals surface area contributed by atoms with E-state index in [9.17, 15) is 48.3 Å². The first kappa shape index (κ1) is 27.9. The standard InChI is InChI=1S/C27H13F11O/c1-12-2-4-13(5-3-12)14-8-19(30)23(20(31)9-14)27(37,38)39-21-7-6-16(24(32)25(21)33)15-10-17(28)22(18(29)11-15)26(34,35)36/h2-11H,1H3. The Bertz CT molecular complexity index is 1510. The van der Waals surface area contributed by atoms with Crippen molar-refractivity contribution in [2.75, 3.05) is 0 Å². The number of ether oxygens (including phenoxy) is 1. The minimum atomic E-state index is -5.43. The summed E-state index contributed by atoms with van der Waals surface area (Å²) >= 11 is 0. The Hall–Kier alpha value is -4.09. The first-order chi connectivity index (χ1) is 18.1. The molecule has 0 amide bonds. The Morgan fingerprint density at radius 1 is 0.538 bits per heavy atom. The highest BCUT2D eigenvalue weighted by molar-refractivity contribution is 5.67. The Morgan fingerprint density at radius 3 is 1.54 bits per heavy atom. The van der Waals surface area contributed by atoms with Crippen LogP contribution in [0, 0.1) is 41.8 Å². The molecule has 0 spiro atoms. The number of rotatable bonds is 5. The number of alkyl halides is 5. The second-order valence-corrected chi connectivity index (χ2v) is 8.35. The summed E-state index contributed by atoms with van der Waals surface area (Å²) in [5, 5.41) is 0. The minimum Gasteiger partial charge on any atom is -0.425 e. The van der Waals surface area contributed by atoms with Gasteiger partial charge in [0.25, 0.3) is 0 Å². The second-order valence-electron chi connectivity index (χ2n) is 8.35. The highest BCUT2D eigenvalue weighted by atomic mass is 19.4. The summed E-state index contributed by atoms with van der Waals surface area (Å²) in [6.07, 6.45) is -10.3. The molecule has 4 aromatic rings. The molecular weight excluding hydrogens is 549 g/mol. The van der Waals surface area contributed by atoms with Crippen LogP contribution in [0.25, 0.3) is 22.3 Å². The third-order valence-electron chi connectivity index (χ3n) is 5.64. The van der Waals surface area contributed by atoms with E-state index in [2.05, 4.69) is 4.74 Å². The average Bonchev–Trinajstić information content (AvgIpc) is 2.80. The lowest BCUT2D eigenvalue weighted by molar-refractivity contribution is -0.191. The fourth-order valence-corrected chi connectivity index (χ4v) is 3.79. The maximum absolute atomic E-state index is 14.8. The van der Waals surface area contributed by atoms with E-state index in [0.29, 0.717) is 29.8 Å². The van der Waals surface area contributed by atoms with Crippen LogP contribution in [0.5, 0.6) is 5.75 Å². The number of hydrogen-bond acceptors (Lipinski definition) is 1. The van der Waals surface area contributed by atoms with Crippen molar-refractivity contribution in [3.63, 3.8) is 0 Å². The number of halogens is 11. The van der Waals surface area contributed by atoms with Gasteiger partial charge >= 0.3 is 12.3 Å². The normalized spacial score (nSPS) is 12.1. The molecule has 4 aromatic carbocycles. The van der Waals surface area contributed by atoms with Gasteiger partial charge in [-0.15, -0.1) is 0 Å². The quantitative estimate of drug-likeness (QED) is 0.220. The summed E-state index contributed by atoms with van der Waals surface area (Å²) < 4.78 is 158. The van der Waals surface area contributed by atoms with Crippen LogP contribution in [-0.4, -0.2) is 0 Å². The van der Waals surface area contributed by atoms with E-state index in [4.69, 9.17) is 0 Å². The van der Waals surface area contributed by atoms with E-state index in [1.807, 2.05) is 0 Å². The number of aryl methyl sites for hydroxylation is 1. The molecule has 0 N–H and O–H groups in total. The van der Waals surface area contributed by atoms with Crippen molar-refractivity contribution in [2.45, 2.75) is 19.2 Å². The zero-order valence-electron chi connectivity index (χ0n) is 19.3. The van der Waals surface area contributed by atoms with Gasteiger partial charge in [-0.25, -0.2) is 22.0 Å². The predicted octanol–water partition coefficient (Wildman–Crippen LogP) is 9.31. The Labute approximate surface area is 213 Å². The molecule has 0 saturated carbocycles. The van der Waals surface area contributed by atoms with E-state index in [1.165, 1.54) is 12.1 Å². The molecule has 204 valence electrons. The van der Waals surface area contributed by atoms with E-state index in [-0.39, 0.29) is 17.7 Å². The van der Waals surface area contributed by atoms with Crippen molar-refractivity contribution < 1.29 is 53.0 Å². The van der Waals surface area contributed by atoms with Gasteiger partial charge in [-0.05, 0) is 60.0 Å². The SMILES string of the molecule is Cc1ccc(-c2cc(F)c(C(F)(F)Oc3ccc(-c4cc(F)c(C(F)(F)F)c(F)c4)c(F)c3F)c(F)c2)cc1. The predicted molar refractivity (Wildman–Crippen MR) is 118 cm³/mol. The summed E-state index contributed by atoms with van der Waals surface area (Å²) in [5.41, 5.74) is -5.05. The highest BCUT2D eigenvalue weighted by Crippen LogP contribution is 2.41. The van der Waals surface area contributed by atoms with Crippen LogP contribution in [0.3, 0.4) is 0 Å². The molecule has 4 rings (SSSR count). The van der Waals surface area contributed by atoms with Crippen molar-refractivity contribution in [1.29, 1.82) is 0 Å². The highest BCUT2D eigenvalue weighted by Gasteiger charge is 2.42. The van der Waals surface area contributed by atoms with Gasteiger partial charge in [0.1, 0.15) is 34.4 Å². The second kappa shape index (κ2) is 9.90. The van der Waals surface area contributed by atoms with Crippen LogP contribution in [-0.2, 0) is 12.3 Å². The monoisotopic (exact) mass is 562 g/mol. The van der Waals surface area contributed by atoms with Gasteiger partial charge in [0.15, 0.2) is 11.6 Å². The molecule has 0 radical (unpaired) electrons. The summed E-state index contributed by atoms with van der Waals surface area (Å²) in [6, 6.07) is 8.37. The first-order valence-corrected chi connectivity index (χ1v) is 10.8.